The number of fused-ring (bicyclic) bond motifs is 1. The highest BCUT2D eigenvalue weighted by atomic mass is 32.2. The van der Waals surface area contributed by atoms with Crippen molar-refractivity contribution in [2.45, 2.75) is 29.7 Å². The average Bonchev–Trinajstić information content (AvgIpc) is 3.12. The van der Waals surface area contributed by atoms with Gasteiger partial charge in [-0.1, -0.05) is 42.5 Å². The Morgan fingerprint density at radius 3 is 2.62 bits per heavy atom. The van der Waals surface area contributed by atoms with Crippen molar-refractivity contribution in [3.8, 4) is 0 Å². The maximum absolute atomic E-state index is 12.6. The number of hydrogen-bond acceptors (Lipinski definition) is 4. The standard InChI is InChI=1S/C21H24N2O2S/c24-21(20-13-16-5-3-4-8-19(16)26-20)22-14-17-6-1-2-7-18(17)15-23-9-11-25-12-10-23/h1-8,20H,9-15H2,(H,22,24). The Kier molecular flexibility index (Phi) is 5.58. The van der Waals surface area contributed by atoms with Crippen molar-refractivity contribution in [1.82, 2.24) is 10.2 Å². The topological polar surface area (TPSA) is 41.6 Å². The van der Waals surface area contributed by atoms with Crippen molar-refractivity contribution < 1.29 is 9.53 Å². The van der Waals surface area contributed by atoms with E-state index in [-0.39, 0.29) is 11.2 Å². The first-order valence-electron chi connectivity index (χ1n) is 9.19. The lowest BCUT2D eigenvalue weighted by Crippen LogP contribution is -2.36. The number of nitrogens with zero attached hydrogens (tertiary/aromatic N) is 1. The molecule has 1 atom stereocenters. The first-order valence-corrected chi connectivity index (χ1v) is 10.1. The minimum absolute atomic E-state index is 0.0150. The summed E-state index contributed by atoms with van der Waals surface area (Å²) in [6.45, 7) is 5.05. The summed E-state index contributed by atoms with van der Waals surface area (Å²) >= 11 is 1.68. The largest absolute Gasteiger partial charge is 0.379 e. The quantitative estimate of drug-likeness (QED) is 0.881. The van der Waals surface area contributed by atoms with Crippen LogP contribution in [0.2, 0.25) is 0 Å². The van der Waals surface area contributed by atoms with E-state index in [1.54, 1.807) is 11.8 Å². The number of carbonyl (C=O) groups excluding carboxylic acids is 1. The van der Waals surface area contributed by atoms with Crippen LogP contribution in [0.15, 0.2) is 53.4 Å². The summed E-state index contributed by atoms with van der Waals surface area (Å²) in [5.41, 5.74) is 3.77. The molecule has 0 radical (unpaired) electrons. The van der Waals surface area contributed by atoms with E-state index in [0.29, 0.717) is 6.54 Å². The maximum atomic E-state index is 12.6. The molecule has 4 rings (SSSR count). The van der Waals surface area contributed by atoms with Gasteiger partial charge in [-0.25, -0.2) is 0 Å². The molecule has 0 saturated carbocycles. The molecule has 1 N–H and O–H groups in total. The lowest BCUT2D eigenvalue weighted by molar-refractivity contribution is -0.120. The van der Waals surface area contributed by atoms with Crippen LogP contribution in [-0.2, 0) is 29.0 Å². The molecule has 136 valence electrons. The Balaban J connectivity index is 1.35. The van der Waals surface area contributed by atoms with E-state index in [1.807, 2.05) is 18.2 Å². The molecule has 1 amide bonds. The highest BCUT2D eigenvalue weighted by molar-refractivity contribution is 8.01. The van der Waals surface area contributed by atoms with Gasteiger partial charge in [0.25, 0.3) is 0 Å². The molecule has 1 saturated heterocycles. The number of rotatable bonds is 5. The van der Waals surface area contributed by atoms with E-state index >= 15 is 0 Å². The number of thioether (sulfide) groups is 1. The zero-order valence-corrected chi connectivity index (χ0v) is 15.6. The lowest BCUT2D eigenvalue weighted by atomic mass is 10.1. The molecule has 2 heterocycles. The molecule has 0 aliphatic carbocycles. The summed E-state index contributed by atoms with van der Waals surface area (Å²) in [5, 5.41) is 3.14. The fourth-order valence-electron chi connectivity index (χ4n) is 3.51. The second-order valence-corrected chi connectivity index (χ2v) is 8.04. The van der Waals surface area contributed by atoms with Gasteiger partial charge < -0.3 is 10.1 Å². The van der Waals surface area contributed by atoms with E-state index < -0.39 is 0 Å². The van der Waals surface area contributed by atoms with E-state index in [2.05, 4.69) is 40.5 Å². The van der Waals surface area contributed by atoms with Gasteiger partial charge in [-0.05, 0) is 29.2 Å². The number of carbonyl (C=O) groups is 1. The fourth-order valence-corrected chi connectivity index (χ4v) is 4.73. The Morgan fingerprint density at radius 2 is 1.81 bits per heavy atom. The molecule has 0 spiro atoms. The van der Waals surface area contributed by atoms with E-state index in [0.717, 1.165) is 39.3 Å². The summed E-state index contributed by atoms with van der Waals surface area (Å²) in [7, 11) is 0. The van der Waals surface area contributed by atoms with Crippen LogP contribution in [0, 0.1) is 0 Å². The molecule has 2 aliphatic rings. The van der Waals surface area contributed by atoms with Gasteiger partial charge in [0, 0.05) is 31.1 Å². The molecular formula is C21H24N2O2S. The Hall–Kier alpha value is -1.82. The summed E-state index contributed by atoms with van der Waals surface area (Å²) < 4.78 is 5.43. The summed E-state index contributed by atoms with van der Waals surface area (Å²) in [4.78, 5) is 16.3. The van der Waals surface area contributed by atoms with Gasteiger partial charge in [-0.2, -0.15) is 0 Å². The summed E-state index contributed by atoms with van der Waals surface area (Å²) in [5.74, 6) is 0.132. The van der Waals surface area contributed by atoms with Gasteiger partial charge in [0.15, 0.2) is 0 Å². The molecule has 2 aliphatic heterocycles. The highest BCUT2D eigenvalue weighted by Gasteiger charge is 2.27. The monoisotopic (exact) mass is 368 g/mol. The lowest BCUT2D eigenvalue weighted by Gasteiger charge is -2.27. The van der Waals surface area contributed by atoms with Gasteiger partial charge in [0.1, 0.15) is 0 Å². The molecule has 2 aromatic carbocycles. The molecule has 0 bridgehead atoms. The Morgan fingerprint density at radius 1 is 1.08 bits per heavy atom. The third-order valence-electron chi connectivity index (χ3n) is 5.01. The SMILES string of the molecule is O=C(NCc1ccccc1CN1CCOCC1)C1Cc2ccccc2S1. The predicted octanol–water partition coefficient (Wildman–Crippen LogP) is 2.85. The van der Waals surface area contributed by atoms with Crippen LogP contribution < -0.4 is 5.32 Å². The molecule has 5 heteroatoms. The zero-order valence-electron chi connectivity index (χ0n) is 14.8. The third kappa shape index (κ3) is 4.11. The van der Waals surface area contributed by atoms with Crippen LogP contribution in [0.1, 0.15) is 16.7 Å². The molecule has 2 aromatic rings. The smallest absolute Gasteiger partial charge is 0.234 e. The van der Waals surface area contributed by atoms with Crippen LogP contribution in [0.5, 0.6) is 0 Å². The van der Waals surface area contributed by atoms with Crippen molar-refractivity contribution in [2.75, 3.05) is 26.3 Å². The van der Waals surface area contributed by atoms with Crippen LogP contribution in [0.25, 0.3) is 0 Å². The maximum Gasteiger partial charge on any atom is 0.234 e. The van der Waals surface area contributed by atoms with Crippen molar-refractivity contribution >= 4 is 17.7 Å². The summed E-state index contributed by atoms with van der Waals surface area (Å²) in [6.07, 6.45) is 0.822. The van der Waals surface area contributed by atoms with Crippen LogP contribution >= 0.6 is 11.8 Å². The number of nitrogens with one attached hydrogen (secondary N) is 1. The third-order valence-corrected chi connectivity index (χ3v) is 6.33. The minimum atomic E-state index is -0.0150. The number of amides is 1. The van der Waals surface area contributed by atoms with Gasteiger partial charge in [-0.3, -0.25) is 9.69 Å². The number of benzene rings is 2. The number of ether oxygens (including phenoxy) is 1. The normalized spacial score (nSPS) is 19.9. The van der Waals surface area contributed by atoms with E-state index in [1.165, 1.54) is 21.6 Å². The van der Waals surface area contributed by atoms with Gasteiger partial charge in [0.2, 0.25) is 5.91 Å². The summed E-state index contributed by atoms with van der Waals surface area (Å²) in [6, 6.07) is 16.7. The number of morpholine rings is 1. The molecule has 1 fully saturated rings. The van der Waals surface area contributed by atoms with Gasteiger partial charge >= 0.3 is 0 Å². The van der Waals surface area contributed by atoms with E-state index in [4.69, 9.17) is 4.74 Å². The first-order chi connectivity index (χ1) is 12.8. The second-order valence-electron chi connectivity index (χ2n) is 6.79. The van der Waals surface area contributed by atoms with Gasteiger partial charge in [0.05, 0.1) is 18.5 Å². The van der Waals surface area contributed by atoms with Gasteiger partial charge in [-0.15, -0.1) is 11.8 Å². The molecule has 4 nitrogen and oxygen atoms in total. The Labute approximate surface area is 158 Å². The zero-order chi connectivity index (χ0) is 17.8. The van der Waals surface area contributed by atoms with Crippen LogP contribution in [0.4, 0.5) is 0 Å². The molecular weight excluding hydrogens is 344 g/mol. The minimum Gasteiger partial charge on any atom is -0.379 e. The second kappa shape index (κ2) is 8.25. The Bertz CT molecular complexity index is 749. The molecule has 26 heavy (non-hydrogen) atoms. The first kappa shape index (κ1) is 17.6. The van der Waals surface area contributed by atoms with Crippen molar-refractivity contribution in [3.05, 3.63) is 65.2 Å². The highest BCUT2D eigenvalue weighted by Crippen LogP contribution is 2.36. The fraction of sp³-hybridized carbons (Fsp3) is 0.381. The molecule has 0 aromatic heterocycles. The van der Waals surface area contributed by atoms with Crippen molar-refractivity contribution in [1.29, 1.82) is 0 Å². The molecule has 1 unspecified atom stereocenters. The average molecular weight is 369 g/mol. The van der Waals surface area contributed by atoms with Crippen molar-refractivity contribution in [2.24, 2.45) is 0 Å². The predicted molar refractivity (Wildman–Crippen MR) is 104 cm³/mol. The van der Waals surface area contributed by atoms with E-state index in [9.17, 15) is 4.79 Å². The van der Waals surface area contributed by atoms with Crippen molar-refractivity contribution in [3.63, 3.8) is 0 Å². The van der Waals surface area contributed by atoms with Crippen LogP contribution in [0.3, 0.4) is 0 Å². The van der Waals surface area contributed by atoms with Crippen LogP contribution in [-0.4, -0.2) is 42.4 Å². The number of hydrogen-bond donors (Lipinski definition) is 1.